The summed E-state index contributed by atoms with van der Waals surface area (Å²) < 4.78 is 1.66. The third kappa shape index (κ3) is 4.70. The standard InChI is InChI=1S/C24H29Cl2N7O2/c1-14(18-5-4-17(25)9-19(18)26)33-24-22(21(30-33)23(27)35)28-10-20(29-24)32-12-16(13-32)15-3-2-6-31(11-15)7-8-34/h4-5,9-10,14-16,34H,2-3,6-8,11-13H2,1H3,(H2,27,35)/t14-,15+/m1/s1. The molecular formula is C24H29Cl2N7O2. The number of aliphatic hydroxyl groups is 1. The van der Waals surface area contributed by atoms with Gasteiger partial charge in [-0.3, -0.25) is 4.79 Å². The lowest BCUT2D eigenvalue weighted by molar-refractivity contribution is 0.0995. The molecule has 2 aliphatic heterocycles. The number of halogens is 2. The number of hydrogen-bond donors (Lipinski definition) is 2. The molecule has 186 valence electrons. The van der Waals surface area contributed by atoms with E-state index in [1.165, 1.54) is 12.8 Å². The summed E-state index contributed by atoms with van der Waals surface area (Å²) in [5, 5.41) is 14.8. The van der Waals surface area contributed by atoms with E-state index in [-0.39, 0.29) is 18.3 Å². The number of nitrogens with zero attached hydrogens (tertiary/aromatic N) is 6. The summed E-state index contributed by atoms with van der Waals surface area (Å²) in [7, 11) is 0. The SMILES string of the molecule is C[C@H](c1ccc(Cl)cc1Cl)n1nc(C(N)=O)c2ncc(N3CC([C@H]4CCCN(CCO)C4)C3)nc21. The average molecular weight is 518 g/mol. The topological polar surface area (TPSA) is 113 Å². The van der Waals surface area contributed by atoms with Gasteiger partial charge in [-0.25, -0.2) is 14.6 Å². The van der Waals surface area contributed by atoms with E-state index in [1.54, 1.807) is 23.0 Å². The molecule has 9 nitrogen and oxygen atoms in total. The molecule has 3 N–H and O–H groups in total. The fraction of sp³-hybridized carbons (Fsp3) is 0.500. The number of β-amino-alcohol motifs (C(OH)–C–C–N with tert-alkyl or cyclic N) is 1. The molecule has 2 atom stereocenters. The molecule has 0 unspecified atom stereocenters. The Morgan fingerprint density at radius 1 is 1.26 bits per heavy atom. The fourth-order valence-electron chi connectivity index (χ4n) is 5.28. The Hall–Kier alpha value is -2.46. The molecule has 5 rings (SSSR count). The van der Waals surface area contributed by atoms with E-state index in [1.807, 2.05) is 13.0 Å². The van der Waals surface area contributed by atoms with Crippen LogP contribution in [0.5, 0.6) is 0 Å². The summed E-state index contributed by atoms with van der Waals surface area (Å²) in [6.45, 7) is 6.81. The molecule has 0 spiro atoms. The van der Waals surface area contributed by atoms with Crippen molar-refractivity contribution >= 4 is 46.1 Å². The lowest BCUT2D eigenvalue weighted by Crippen LogP contribution is -2.54. The first-order valence-electron chi connectivity index (χ1n) is 11.9. The van der Waals surface area contributed by atoms with E-state index >= 15 is 0 Å². The normalized spacial score (nSPS) is 20.2. The van der Waals surface area contributed by atoms with Crippen LogP contribution in [0.25, 0.3) is 11.2 Å². The maximum Gasteiger partial charge on any atom is 0.271 e. The van der Waals surface area contributed by atoms with Gasteiger partial charge in [0.05, 0.1) is 18.8 Å². The number of likely N-dealkylation sites (tertiary alicyclic amines) is 1. The van der Waals surface area contributed by atoms with Gasteiger partial charge in [-0.15, -0.1) is 0 Å². The maximum absolute atomic E-state index is 12.1. The third-order valence-electron chi connectivity index (χ3n) is 7.26. The van der Waals surface area contributed by atoms with Crippen molar-refractivity contribution in [3.8, 4) is 0 Å². The third-order valence-corrected chi connectivity index (χ3v) is 7.82. The van der Waals surface area contributed by atoms with E-state index < -0.39 is 5.91 Å². The zero-order valence-corrected chi connectivity index (χ0v) is 21.1. The fourth-order valence-corrected chi connectivity index (χ4v) is 5.84. The monoisotopic (exact) mass is 517 g/mol. The Kier molecular flexibility index (Phi) is 6.85. The number of carbonyl (C=O) groups is 1. The van der Waals surface area contributed by atoms with E-state index in [4.69, 9.17) is 33.9 Å². The van der Waals surface area contributed by atoms with Crippen molar-refractivity contribution in [3.63, 3.8) is 0 Å². The maximum atomic E-state index is 12.1. The van der Waals surface area contributed by atoms with Gasteiger partial charge in [0.1, 0.15) is 11.3 Å². The Morgan fingerprint density at radius 3 is 2.77 bits per heavy atom. The molecular weight excluding hydrogens is 489 g/mol. The number of rotatable bonds is 7. The van der Waals surface area contributed by atoms with Crippen LogP contribution >= 0.6 is 23.2 Å². The molecule has 0 saturated carbocycles. The van der Waals surface area contributed by atoms with Crippen LogP contribution in [0.3, 0.4) is 0 Å². The van der Waals surface area contributed by atoms with Crippen molar-refractivity contribution in [2.24, 2.45) is 17.6 Å². The summed E-state index contributed by atoms with van der Waals surface area (Å²) in [5.74, 6) is 1.32. The van der Waals surface area contributed by atoms with Crippen molar-refractivity contribution in [3.05, 3.63) is 45.7 Å². The molecule has 2 fully saturated rings. The van der Waals surface area contributed by atoms with Crippen molar-refractivity contribution in [1.29, 1.82) is 0 Å². The average Bonchev–Trinajstić information content (AvgIpc) is 3.18. The number of aliphatic hydroxyl groups excluding tert-OH is 1. The molecule has 2 aromatic heterocycles. The molecule has 1 amide bonds. The van der Waals surface area contributed by atoms with E-state index in [2.05, 4.69) is 19.9 Å². The number of aromatic nitrogens is 4. The van der Waals surface area contributed by atoms with Crippen LogP contribution < -0.4 is 10.6 Å². The number of benzene rings is 1. The van der Waals surface area contributed by atoms with Gasteiger partial charge in [-0.2, -0.15) is 5.10 Å². The van der Waals surface area contributed by atoms with Gasteiger partial charge in [0.15, 0.2) is 11.3 Å². The van der Waals surface area contributed by atoms with Crippen LogP contribution in [0.4, 0.5) is 5.82 Å². The van der Waals surface area contributed by atoms with Crippen LogP contribution in [0, 0.1) is 11.8 Å². The number of primary amides is 1. The Balaban J connectivity index is 1.40. The Labute approximate surface area is 213 Å². The van der Waals surface area contributed by atoms with Crippen molar-refractivity contribution in [1.82, 2.24) is 24.6 Å². The quantitative estimate of drug-likeness (QED) is 0.495. The number of hydrogen-bond acceptors (Lipinski definition) is 7. The highest BCUT2D eigenvalue weighted by Crippen LogP contribution is 2.35. The van der Waals surface area contributed by atoms with Gasteiger partial charge in [-0.1, -0.05) is 29.3 Å². The summed E-state index contributed by atoms with van der Waals surface area (Å²) in [4.78, 5) is 26.0. The minimum absolute atomic E-state index is 0.0867. The summed E-state index contributed by atoms with van der Waals surface area (Å²) in [6.07, 6.45) is 4.09. The van der Waals surface area contributed by atoms with Crippen LogP contribution in [0.1, 0.15) is 41.9 Å². The molecule has 35 heavy (non-hydrogen) atoms. The minimum Gasteiger partial charge on any atom is -0.395 e. The van der Waals surface area contributed by atoms with Gasteiger partial charge in [0.25, 0.3) is 5.91 Å². The Morgan fingerprint density at radius 2 is 2.06 bits per heavy atom. The highest BCUT2D eigenvalue weighted by Gasteiger charge is 2.36. The second kappa shape index (κ2) is 9.89. The zero-order chi connectivity index (χ0) is 24.7. The van der Waals surface area contributed by atoms with Gasteiger partial charge in [0, 0.05) is 36.2 Å². The minimum atomic E-state index is -0.654. The second-order valence-electron chi connectivity index (χ2n) is 9.49. The van der Waals surface area contributed by atoms with Gasteiger partial charge in [0.2, 0.25) is 0 Å². The predicted molar refractivity (Wildman–Crippen MR) is 136 cm³/mol. The van der Waals surface area contributed by atoms with Gasteiger partial charge in [-0.05, 0) is 55.8 Å². The van der Waals surface area contributed by atoms with Crippen molar-refractivity contribution in [2.45, 2.75) is 25.8 Å². The van der Waals surface area contributed by atoms with Crippen molar-refractivity contribution < 1.29 is 9.90 Å². The van der Waals surface area contributed by atoms with Crippen LogP contribution in [-0.4, -0.2) is 75.0 Å². The lowest BCUT2D eigenvalue weighted by Gasteiger charge is -2.47. The smallest absolute Gasteiger partial charge is 0.271 e. The zero-order valence-electron chi connectivity index (χ0n) is 19.6. The van der Waals surface area contributed by atoms with Gasteiger partial charge >= 0.3 is 0 Å². The van der Waals surface area contributed by atoms with Crippen molar-refractivity contribution in [2.75, 3.05) is 44.2 Å². The number of fused-ring (bicyclic) bond motifs is 1. The first-order chi connectivity index (χ1) is 16.9. The molecule has 0 aliphatic carbocycles. The summed E-state index contributed by atoms with van der Waals surface area (Å²) in [6, 6.07) is 4.97. The number of anilines is 1. The van der Waals surface area contributed by atoms with E-state index in [0.717, 1.165) is 44.1 Å². The first kappa shape index (κ1) is 24.2. The van der Waals surface area contributed by atoms with Crippen LogP contribution in [0.15, 0.2) is 24.4 Å². The summed E-state index contributed by atoms with van der Waals surface area (Å²) in [5.41, 5.74) is 7.35. The highest BCUT2D eigenvalue weighted by atomic mass is 35.5. The number of nitrogens with two attached hydrogens (primary N) is 1. The number of piperidine rings is 1. The van der Waals surface area contributed by atoms with E-state index in [0.29, 0.717) is 33.0 Å². The molecule has 1 aromatic carbocycles. The predicted octanol–water partition coefficient (Wildman–Crippen LogP) is 2.98. The molecule has 2 aliphatic rings. The number of carbonyl (C=O) groups excluding carboxylic acids is 1. The highest BCUT2D eigenvalue weighted by molar-refractivity contribution is 6.35. The largest absolute Gasteiger partial charge is 0.395 e. The number of amides is 1. The molecule has 2 saturated heterocycles. The molecule has 0 radical (unpaired) electrons. The summed E-state index contributed by atoms with van der Waals surface area (Å²) >= 11 is 12.5. The Bertz CT molecular complexity index is 1240. The molecule has 11 heteroatoms. The first-order valence-corrected chi connectivity index (χ1v) is 12.7. The van der Waals surface area contributed by atoms with Gasteiger partial charge < -0.3 is 20.6 Å². The van der Waals surface area contributed by atoms with E-state index in [9.17, 15) is 9.90 Å². The second-order valence-corrected chi connectivity index (χ2v) is 10.3. The van der Waals surface area contributed by atoms with Crippen LogP contribution in [0.2, 0.25) is 10.0 Å². The molecule has 4 heterocycles. The molecule has 3 aromatic rings. The van der Waals surface area contributed by atoms with Crippen LogP contribution in [-0.2, 0) is 0 Å². The molecule has 0 bridgehead atoms. The lowest BCUT2D eigenvalue weighted by atomic mass is 9.80.